The molecule has 1 saturated heterocycles. The Balaban J connectivity index is 1.23. The largest absolute Gasteiger partial charge is 0.488 e. The number of amides is 1. The van der Waals surface area contributed by atoms with Crippen molar-refractivity contribution in [3.8, 4) is 5.75 Å². The molecule has 25 heavy (non-hydrogen) atoms. The molecular weight excluding hydrogens is 316 g/mol. The molecule has 1 fully saturated rings. The Morgan fingerprint density at radius 2 is 2.28 bits per heavy atom. The number of carbonyl (C=O) groups is 1. The highest BCUT2D eigenvalue weighted by Crippen LogP contribution is 2.28. The maximum atomic E-state index is 12.3. The first-order valence-corrected chi connectivity index (χ1v) is 9.01. The van der Waals surface area contributed by atoms with Crippen LogP contribution in [0.2, 0.25) is 0 Å². The first-order chi connectivity index (χ1) is 12.3. The molecule has 6 nitrogen and oxygen atoms in total. The van der Waals surface area contributed by atoms with Crippen LogP contribution in [0.4, 0.5) is 0 Å². The van der Waals surface area contributed by atoms with Crippen molar-refractivity contribution in [1.82, 2.24) is 20.4 Å². The molecule has 2 atom stereocenters. The lowest BCUT2D eigenvalue weighted by Crippen LogP contribution is -2.44. The lowest BCUT2D eigenvalue weighted by Gasteiger charge is -2.31. The molecule has 2 N–H and O–H groups in total. The van der Waals surface area contributed by atoms with Gasteiger partial charge in [-0.15, -0.1) is 0 Å². The Bertz CT molecular complexity index is 691. The van der Waals surface area contributed by atoms with Gasteiger partial charge in [-0.1, -0.05) is 18.2 Å². The fraction of sp³-hybridized carbons (Fsp3) is 0.474. The minimum Gasteiger partial charge on any atom is -0.488 e. The fourth-order valence-electron chi connectivity index (χ4n) is 3.80. The van der Waals surface area contributed by atoms with E-state index >= 15 is 0 Å². The first-order valence-electron chi connectivity index (χ1n) is 9.01. The zero-order chi connectivity index (χ0) is 17.1. The summed E-state index contributed by atoms with van der Waals surface area (Å²) in [6.07, 6.45) is 4.95. The standard InChI is InChI=1S/C19H24N4O2/c24-19(20-11-16-10-14-4-1-2-6-18(14)25-16)13-23-9-3-5-15(12-23)17-7-8-21-22-17/h1-2,4,6-8,15-16H,3,5,9-13H2,(H,20,24)(H,21,22)/t15-,16+/m1/s1. The van der Waals surface area contributed by atoms with Crippen LogP contribution >= 0.6 is 0 Å². The molecule has 2 aliphatic heterocycles. The Hall–Kier alpha value is -2.34. The summed E-state index contributed by atoms with van der Waals surface area (Å²) in [7, 11) is 0. The molecule has 4 rings (SSSR count). The predicted octanol–water partition coefficient (Wildman–Crippen LogP) is 1.71. The van der Waals surface area contributed by atoms with Crippen LogP contribution < -0.4 is 10.1 Å². The molecule has 0 unspecified atom stereocenters. The second-order valence-corrected chi connectivity index (χ2v) is 6.94. The number of nitrogens with zero attached hydrogens (tertiary/aromatic N) is 2. The molecule has 0 spiro atoms. The molecule has 1 amide bonds. The van der Waals surface area contributed by atoms with Crippen molar-refractivity contribution in [3.63, 3.8) is 0 Å². The van der Waals surface area contributed by atoms with Crippen LogP contribution in [0.1, 0.15) is 30.0 Å². The quantitative estimate of drug-likeness (QED) is 0.869. The van der Waals surface area contributed by atoms with Gasteiger partial charge in [0.1, 0.15) is 11.9 Å². The van der Waals surface area contributed by atoms with Crippen LogP contribution in [0, 0.1) is 0 Å². The van der Waals surface area contributed by atoms with E-state index in [1.165, 1.54) is 11.3 Å². The summed E-state index contributed by atoms with van der Waals surface area (Å²) in [6.45, 7) is 2.89. The van der Waals surface area contributed by atoms with Crippen molar-refractivity contribution in [2.24, 2.45) is 0 Å². The van der Waals surface area contributed by atoms with E-state index in [1.807, 2.05) is 24.3 Å². The summed E-state index contributed by atoms with van der Waals surface area (Å²) in [4.78, 5) is 14.5. The van der Waals surface area contributed by atoms with E-state index in [2.05, 4.69) is 26.5 Å². The number of carbonyl (C=O) groups excluding carboxylic acids is 1. The second-order valence-electron chi connectivity index (χ2n) is 6.94. The van der Waals surface area contributed by atoms with Crippen LogP contribution in [0.15, 0.2) is 36.5 Å². The van der Waals surface area contributed by atoms with E-state index in [4.69, 9.17) is 4.74 Å². The Kier molecular flexibility index (Phi) is 4.70. The Labute approximate surface area is 147 Å². The first kappa shape index (κ1) is 16.1. The van der Waals surface area contributed by atoms with Crippen LogP contribution in [0.3, 0.4) is 0 Å². The van der Waals surface area contributed by atoms with Gasteiger partial charge in [-0.3, -0.25) is 14.8 Å². The average molecular weight is 340 g/mol. The van der Waals surface area contributed by atoms with Crippen molar-refractivity contribution in [1.29, 1.82) is 0 Å². The number of aromatic nitrogens is 2. The van der Waals surface area contributed by atoms with Crippen molar-refractivity contribution in [2.45, 2.75) is 31.3 Å². The van der Waals surface area contributed by atoms with E-state index in [0.29, 0.717) is 19.0 Å². The molecule has 2 aromatic rings. The normalized spacial score (nSPS) is 23.0. The maximum Gasteiger partial charge on any atom is 0.234 e. The minimum atomic E-state index is 0.0421. The number of hydrogen-bond acceptors (Lipinski definition) is 4. The highest BCUT2D eigenvalue weighted by atomic mass is 16.5. The van der Waals surface area contributed by atoms with E-state index in [0.717, 1.165) is 38.1 Å². The van der Waals surface area contributed by atoms with Gasteiger partial charge in [0.05, 0.1) is 13.1 Å². The number of hydrogen-bond donors (Lipinski definition) is 2. The van der Waals surface area contributed by atoms with Crippen LogP contribution in [-0.4, -0.2) is 53.3 Å². The molecule has 0 aliphatic carbocycles. The predicted molar refractivity (Wildman–Crippen MR) is 94.6 cm³/mol. The fourth-order valence-corrected chi connectivity index (χ4v) is 3.80. The number of piperidine rings is 1. The van der Waals surface area contributed by atoms with E-state index in [9.17, 15) is 4.79 Å². The Morgan fingerprint density at radius 3 is 3.12 bits per heavy atom. The van der Waals surface area contributed by atoms with Gasteiger partial charge < -0.3 is 10.1 Å². The van der Waals surface area contributed by atoms with Gasteiger partial charge in [0, 0.05) is 30.8 Å². The molecule has 1 aromatic heterocycles. The van der Waals surface area contributed by atoms with Gasteiger partial charge in [-0.05, 0) is 37.1 Å². The van der Waals surface area contributed by atoms with Crippen LogP contribution in [0.25, 0.3) is 0 Å². The minimum absolute atomic E-state index is 0.0421. The number of benzene rings is 1. The van der Waals surface area contributed by atoms with E-state index < -0.39 is 0 Å². The van der Waals surface area contributed by atoms with Crippen molar-refractivity contribution in [3.05, 3.63) is 47.8 Å². The van der Waals surface area contributed by atoms with Crippen molar-refractivity contribution < 1.29 is 9.53 Å². The lowest BCUT2D eigenvalue weighted by atomic mass is 9.95. The summed E-state index contributed by atoms with van der Waals surface area (Å²) in [6, 6.07) is 10.1. The summed E-state index contributed by atoms with van der Waals surface area (Å²) < 4.78 is 5.87. The second kappa shape index (κ2) is 7.27. The zero-order valence-electron chi connectivity index (χ0n) is 14.3. The molecule has 0 bridgehead atoms. The topological polar surface area (TPSA) is 70.2 Å². The van der Waals surface area contributed by atoms with Gasteiger partial charge in [0.25, 0.3) is 0 Å². The molecular formula is C19H24N4O2. The number of fused-ring (bicyclic) bond motifs is 1. The highest BCUT2D eigenvalue weighted by Gasteiger charge is 2.25. The molecule has 6 heteroatoms. The van der Waals surface area contributed by atoms with Gasteiger partial charge in [-0.2, -0.15) is 5.10 Å². The number of H-pyrrole nitrogens is 1. The van der Waals surface area contributed by atoms with Crippen LogP contribution in [0.5, 0.6) is 5.75 Å². The summed E-state index contributed by atoms with van der Waals surface area (Å²) in [5.41, 5.74) is 2.39. The van der Waals surface area contributed by atoms with Gasteiger partial charge in [-0.25, -0.2) is 0 Å². The summed E-state index contributed by atoms with van der Waals surface area (Å²) >= 11 is 0. The van der Waals surface area contributed by atoms with Crippen molar-refractivity contribution >= 4 is 5.91 Å². The molecule has 3 heterocycles. The monoisotopic (exact) mass is 340 g/mol. The molecule has 1 aromatic carbocycles. The zero-order valence-corrected chi connectivity index (χ0v) is 14.3. The van der Waals surface area contributed by atoms with Crippen molar-refractivity contribution in [2.75, 3.05) is 26.2 Å². The number of nitrogens with one attached hydrogen (secondary N) is 2. The maximum absolute atomic E-state index is 12.3. The average Bonchev–Trinajstić information content (AvgIpc) is 3.29. The third-order valence-electron chi connectivity index (χ3n) is 5.08. The third-order valence-corrected chi connectivity index (χ3v) is 5.08. The molecule has 0 radical (unpaired) electrons. The Morgan fingerprint density at radius 1 is 1.36 bits per heavy atom. The van der Waals surface area contributed by atoms with Gasteiger partial charge in [0.2, 0.25) is 5.91 Å². The number of likely N-dealkylation sites (tertiary alicyclic amines) is 1. The summed E-state index contributed by atoms with van der Waals surface area (Å²) in [5.74, 6) is 1.46. The van der Waals surface area contributed by atoms with Crippen LogP contribution in [-0.2, 0) is 11.2 Å². The molecule has 132 valence electrons. The molecule has 0 saturated carbocycles. The molecule has 2 aliphatic rings. The smallest absolute Gasteiger partial charge is 0.234 e. The number of rotatable bonds is 5. The SMILES string of the molecule is O=C(CN1CCC[C@@H](c2ccn[nH]2)C1)NC[C@@H]1Cc2ccccc2O1. The lowest BCUT2D eigenvalue weighted by molar-refractivity contribution is -0.122. The summed E-state index contributed by atoms with van der Waals surface area (Å²) in [5, 5.41) is 10.1. The number of para-hydroxylation sites is 1. The number of ether oxygens (including phenoxy) is 1. The van der Waals surface area contributed by atoms with Gasteiger partial charge >= 0.3 is 0 Å². The highest BCUT2D eigenvalue weighted by molar-refractivity contribution is 5.78. The van der Waals surface area contributed by atoms with E-state index in [1.54, 1.807) is 6.20 Å². The van der Waals surface area contributed by atoms with Gasteiger partial charge in [0.15, 0.2) is 0 Å². The third kappa shape index (κ3) is 3.85. The van der Waals surface area contributed by atoms with E-state index in [-0.39, 0.29) is 12.0 Å². The number of aromatic amines is 1.